The van der Waals surface area contributed by atoms with E-state index in [0.29, 0.717) is 0 Å². The number of rotatable bonds is 18. The van der Waals surface area contributed by atoms with Crippen LogP contribution in [0.5, 0.6) is 28.7 Å². The molecule has 3 heterocycles. The maximum atomic E-state index is 13.2. The standard InChI is InChI=1S/C49H56O27/c1-20(50)61-18-39-43(68-27(8)57)45(70-29(10)59)47(76-49-46(71-30(11)60)44(69-28(9)58)42(67-26(7)56)40(75-49)19-62-21(2)51)48(74-39)73-38-17-33-35(65-24(5)54)15-32(63-22(3)52)16-36(33)72-41(38)31-12-13-34(64-23(4)53)37(14-31)66-25(6)55/h12-16,38-49H,17-19H2,1-11H3/t38-,39+,40+,41+,42+,43+,44-,45-,46+,47+,48+,49-/m0/s1. The fraction of sp³-hybridized carbons (Fsp3) is 0.531. The highest BCUT2D eigenvalue weighted by Crippen LogP contribution is 2.46. The largest absolute Gasteiger partial charge is 0.482 e. The SMILES string of the molecule is CC(=O)OC[C@H]1O[C@@H](O[C@H]2[C@H](O[C@H]3Cc4c(OC(C)=O)cc(OC(C)=O)cc4O[C@@H]3c3ccc(OC(C)=O)c(OC(C)=O)c3)O[C@H](COC(C)=O)[C@@H](OC(C)=O)[C@@H]2OC(C)=O)[C@H](OC(C)=O)[C@@H](OC(C)=O)[C@@H]1OC(C)=O. The van der Waals surface area contributed by atoms with Crippen LogP contribution in [0.15, 0.2) is 30.3 Å². The van der Waals surface area contributed by atoms with Crippen molar-refractivity contribution in [2.75, 3.05) is 13.2 Å². The average molecular weight is 1080 g/mol. The van der Waals surface area contributed by atoms with E-state index in [-0.39, 0.29) is 46.3 Å². The molecule has 0 radical (unpaired) electrons. The Labute approximate surface area is 433 Å². The molecule has 27 nitrogen and oxygen atoms in total. The van der Waals surface area contributed by atoms with Gasteiger partial charge in [0.15, 0.2) is 66.8 Å². The Morgan fingerprint density at radius 2 is 0.868 bits per heavy atom. The minimum atomic E-state index is -2.05. The van der Waals surface area contributed by atoms with Crippen LogP contribution in [0.1, 0.15) is 93.4 Å². The second kappa shape index (κ2) is 26.1. The van der Waals surface area contributed by atoms with Crippen molar-refractivity contribution in [2.24, 2.45) is 0 Å². The van der Waals surface area contributed by atoms with E-state index in [1.165, 1.54) is 30.3 Å². The number of hydrogen-bond acceptors (Lipinski definition) is 27. The summed E-state index contributed by atoms with van der Waals surface area (Å²) >= 11 is 0. The molecule has 0 unspecified atom stereocenters. The van der Waals surface area contributed by atoms with Crippen LogP contribution in [0.2, 0.25) is 0 Å². The number of benzene rings is 2. The lowest BCUT2D eigenvalue weighted by Crippen LogP contribution is -2.67. The first kappa shape index (κ1) is 59.1. The van der Waals surface area contributed by atoms with Gasteiger partial charge in [0, 0.05) is 100 Å². The molecule has 0 N–H and O–H groups in total. The molecule has 12 atom stereocenters. The third-order valence-corrected chi connectivity index (χ3v) is 10.7. The molecule has 414 valence electrons. The zero-order valence-electron chi connectivity index (χ0n) is 43.0. The van der Waals surface area contributed by atoms with Gasteiger partial charge in [0.1, 0.15) is 48.8 Å². The number of hydrogen-bond donors (Lipinski definition) is 0. The number of ether oxygens (including phenoxy) is 16. The van der Waals surface area contributed by atoms with Crippen molar-refractivity contribution in [3.8, 4) is 28.7 Å². The lowest BCUT2D eigenvalue weighted by Gasteiger charge is -2.49. The first-order chi connectivity index (χ1) is 35.7. The van der Waals surface area contributed by atoms with Gasteiger partial charge in [-0.05, 0) is 17.7 Å². The Balaban J connectivity index is 1.79. The molecule has 2 saturated heterocycles. The van der Waals surface area contributed by atoms with Crippen LogP contribution in [0.3, 0.4) is 0 Å². The van der Waals surface area contributed by atoms with Crippen molar-refractivity contribution in [1.29, 1.82) is 0 Å². The summed E-state index contributed by atoms with van der Waals surface area (Å²) in [6.07, 6.45) is -21.4. The summed E-state index contributed by atoms with van der Waals surface area (Å²) in [5.74, 6) is -10.7. The smallest absolute Gasteiger partial charge is 0.308 e. The molecule has 3 aliphatic rings. The molecule has 0 bridgehead atoms. The summed E-state index contributed by atoms with van der Waals surface area (Å²) in [5, 5.41) is 0. The normalized spacial score (nSPS) is 25.5. The van der Waals surface area contributed by atoms with E-state index in [2.05, 4.69) is 0 Å². The number of esters is 11. The van der Waals surface area contributed by atoms with Crippen LogP contribution >= 0.6 is 0 Å². The third-order valence-electron chi connectivity index (χ3n) is 10.7. The first-order valence-electron chi connectivity index (χ1n) is 23.1. The van der Waals surface area contributed by atoms with Gasteiger partial charge in [-0.2, -0.15) is 0 Å². The van der Waals surface area contributed by atoms with Gasteiger partial charge in [0.25, 0.3) is 0 Å². The maximum Gasteiger partial charge on any atom is 0.308 e. The fourth-order valence-corrected chi connectivity index (χ4v) is 8.22. The molecule has 2 aromatic carbocycles. The minimum Gasteiger partial charge on any atom is -0.482 e. The fourth-order valence-electron chi connectivity index (χ4n) is 8.22. The van der Waals surface area contributed by atoms with Crippen molar-refractivity contribution in [3.05, 3.63) is 41.5 Å². The predicted molar refractivity (Wildman–Crippen MR) is 243 cm³/mol. The van der Waals surface area contributed by atoms with Crippen molar-refractivity contribution in [1.82, 2.24) is 0 Å². The van der Waals surface area contributed by atoms with Crippen LogP contribution in [0.25, 0.3) is 0 Å². The zero-order chi connectivity index (χ0) is 56.3. The Morgan fingerprint density at radius 3 is 1.34 bits per heavy atom. The molecule has 0 saturated carbocycles. The van der Waals surface area contributed by atoms with E-state index in [0.717, 1.165) is 76.2 Å². The van der Waals surface area contributed by atoms with Crippen molar-refractivity contribution >= 4 is 65.7 Å². The first-order valence-corrected chi connectivity index (χ1v) is 23.1. The topological polar surface area (TPSA) is 335 Å². The Morgan fingerprint density at radius 1 is 0.434 bits per heavy atom. The van der Waals surface area contributed by atoms with E-state index < -0.39 is 152 Å². The monoisotopic (exact) mass is 1080 g/mol. The molecule has 27 heteroatoms. The minimum absolute atomic E-state index is 0.0479. The van der Waals surface area contributed by atoms with Crippen molar-refractivity contribution in [2.45, 2.75) is 156 Å². The summed E-state index contributed by atoms with van der Waals surface area (Å²) in [6.45, 7) is 10.0. The van der Waals surface area contributed by atoms with Gasteiger partial charge in [-0.25, -0.2) is 0 Å². The van der Waals surface area contributed by atoms with Crippen LogP contribution < -0.4 is 23.7 Å². The number of carbonyl (C=O) groups is 11. The molecule has 0 aromatic heterocycles. The molecule has 0 amide bonds. The summed E-state index contributed by atoms with van der Waals surface area (Å²) < 4.78 is 93.0. The van der Waals surface area contributed by atoms with Gasteiger partial charge in [0.2, 0.25) is 0 Å². The Kier molecular flexibility index (Phi) is 20.3. The van der Waals surface area contributed by atoms with Crippen LogP contribution in [-0.4, -0.2) is 146 Å². The molecule has 2 aromatic rings. The zero-order valence-corrected chi connectivity index (χ0v) is 43.0. The van der Waals surface area contributed by atoms with Crippen LogP contribution in [-0.2, 0) is 111 Å². The lowest BCUT2D eigenvalue weighted by molar-refractivity contribution is -0.374. The highest BCUT2D eigenvalue weighted by Gasteiger charge is 2.58. The van der Waals surface area contributed by atoms with Crippen molar-refractivity contribution < 1.29 is 129 Å². The second-order valence-corrected chi connectivity index (χ2v) is 17.1. The van der Waals surface area contributed by atoms with Crippen molar-refractivity contribution in [3.63, 3.8) is 0 Å². The van der Waals surface area contributed by atoms with Gasteiger partial charge in [-0.3, -0.25) is 52.7 Å². The molecule has 2 fully saturated rings. The van der Waals surface area contributed by atoms with Crippen LogP contribution in [0.4, 0.5) is 0 Å². The van der Waals surface area contributed by atoms with Gasteiger partial charge in [0.05, 0.1) is 0 Å². The van der Waals surface area contributed by atoms with E-state index in [1.807, 2.05) is 0 Å². The highest BCUT2D eigenvalue weighted by molar-refractivity contribution is 5.75. The average Bonchev–Trinajstić information content (AvgIpc) is 3.28. The number of fused-ring (bicyclic) bond motifs is 1. The van der Waals surface area contributed by atoms with Crippen LogP contribution in [0, 0.1) is 0 Å². The third kappa shape index (κ3) is 16.4. The summed E-state index contributed by atoms with van der Waals surface area (Å²) in [4.78, 5) is 138. The Bertz CT molecular complexity index is 2570. The second-order valence-electron chi connectivity index (χ2n) is 17.1. The van der Waals surface area contributed by atoms with Gasteiger partial charge >= 0.3 is 65.7 Å². The Hall–Kier alpha value is -7.75. The molecule has 5 rings (SSSR count). The predicted octanol–water partition coefficient (Wildman–Crippen LogP) is 2.07. The molecule has 76 heavy (non-hydrogen) atoms. The molecular weight excluding hydrogens is 1020 g/mol. The van der Waals surface area contributed by atoms with Gasteiger partial charge in [-0.15, -0.1) is 0 Å². The van der Waals surface area contributed by atoms with Gasteiger partial charge in [-0.1, -0.05) is 6.07 Å². The molecule has 3 aliphatic heterocycles. The molecular formula is C49H56O27. The molecule has 0 aliphatic carbocycles. The number of carbonyl (C=O) groups excluding carboxylic acids is 11. The summed E-state index contributed by atoms with van der Waals surface area (Å²) in [5.41, 5.74) is 0.233. The summed E-state index contributed by atoms with van der Waals surface area (Å²) in [6, 6.07) is 6.46. The highest BCUT2D eigenvalue weighted by atomic mass is 16.8. The quantitative estimate of drug-likeness (QED) is 0.117. The van der Waals surface area contributed by atoms with E-state index >= 15 is 0 Å². The molecule has 0 spiro atoms. The lowest BCUT2D eigenvalue weighted by atomic mass is 9.92. The van der Waals surface area contributed by atoms with E-state index in [1.54, 1.807) is 0 Å². The van der Waals surface area contributed by atoms with E-state index in [9.17, 15) is 52.7 Å². The summed E-state index contributed by atoms with van der Waals surface area (Å²) in [7, 11) is 0. The van der Waals surface area contributed by atoms with Gasteiger partial charge < -0.3 is 75.8 Å². The van der Waals surface area contributed by atoms with E-state index in [4.69, 9.17) is 75.8 Å². The maximum absolute atomic E-state index is 13.2.